The number of nitrogens with zero attached hydrogens (tertiary/aromatic N) is 2. The topological polar surface area (TPSA) is 70.1 Å². The summed E-state index contributed by atoms with van der Waals surface area (Å²) >= 11 is 0. The average Bonchev–Trinajstić information content (AvgIpc) is 3.01. The maximum absolute atomic E-state index is 12.0. The third-order valence-electron chi connectivity index (χ3n) is 3.33. The third-order valence-corrected chi connectivity index (χ3v) is 3.33. The van der Waals surface area contributed by atoms with Crippen molar-refractivity contribution in [2.75, 3.05) is 12.8 Å². The summed E-state index contributed by atoms with van der Waals surface area (Å²) < 4.78 is 6.07. The van der Waals surface area contributed by atoms with E-state index in [9.17, 15) is 4.79 Å². The lowest BCUT2D eigenvalue weighted by Crippen LogP contribution is -2.14. The van der Waals surface area contributed by atoms with Crippen LogP contribution >= 0.6 is 0 Å². The molecule has 110 valence electrons. The molecule has 3 rings (SSSR count). The highest BCUT2D eigenvalue weighted by Crippen LogP contribution is 2.26. The van der Waals surface area contributed by atoms with Crippen molar-refractivity contribution in [3.05, 3.63) is 60.7 Å². The van der Waals surface area contributed by atoms with Gasteiger partial charge in [0.25, 0.3) is 0 Å². The van der Waals surface area contributed by atoms with Gasteiger partial charge in [-0.25, -0.2) is 4.79 Å². The fraction of sp³-hybridized carbons (Fsp3) is 0.0588. The number of rotatable bonds is 2. The molecule has 0 spiro atoms. The van der Waals surface area contributed by atoms with Gasteiger partial charge in [0.05, 0.1) is 18.5 Å². The van der Waals surface area contributed by atoms with Crippen LogP contribution in [0.3, 0.4) is 0 Å². The van der Waals surface area contributed by atoms with Gasteiger partial charge < -0.3 is 10.5 Å². The van der Waals surface area contributed by atoms with Crippen LogP contribution in [-0.4, -0.2) is 23.0 Å². The van der Waals surface area contributed by atoms with Gasteiger partial charge in [-0.05, 0) is 18.2 Å². The van der Waals surface area contributed by atoms with Crippen LogP contribution in [0.15, 0.2) is 60.7 Å². The average molecular weight is 293 g/mol. The first-order valence-electron chi connectivity index (χ1n) is 6.79. The van der Waals surface area contributed by atoms with Crippen molar-refractivity contribution in [2.45, 2.75) is 0 Å². The summed E-state index contributed by atoms with van der Waals surface area (Å²) in [5, 5.41) is 4.36. The van der Waals surface area contributed by atoms with E-state index in [1.807, 2.05) is 48.5 Å². The monoisotopic (exact) mass is 293 g/mol. The van der Waals surface area contributed by atoms with E-state index < -0.39 is 6.09 Å². The Morgan fingerprint density at radius 3 is 2.36 bits per heavy atom. The lowest BCUT2D eigenvalue weighted by atomic mass is 10.1. The number of hydrogen-bond donors (Lipinski definition) is 1. The second-order valence-electron chi connectivity index (χ2n) is 4.78. The van der Waals surface area contributed by atoms with Crippen LogP contribution in [0, 0.1) is 0 Å². The molecule has 5 heteroatoms. The SMILES string of the molecule is COC(=O)n1nc(-c2ccccc2)cc1-c1ccc(N)cc1. The number of hydrogen-bond acceptors (Lipinski definition) is 4. The summed E-state index contributed by atoms with van der Waals surface area (Å²) in [7, 11) is 1.33. The minimum atomic E-state index is -0.533. The van der Waals surface area contributed by atoms with E-state index in [1.54, 1.807) is 12.1 Å². The van der Waals surface area contributed by atoms with Gasteiger partial charge in [0, 0.05) is 16.8 Å². The lowest BCUT2D eigenvalue weighted by molar-refractivity contribution is 0.170. The van der Waals surface area contributed by atoms with Gasteiger partial charge in [-0.2, -0.15) is 9.78 Å². The van der Waals surface area contributed by atoms with Gasteiger partial charge in [-0.15, -0.1) is 0 Å². The molecule has 0 radical (unpaired) electrons. The Labute approximate surface area is 127 Å². The summed E-state index contributed by atoms with van der Waals surface area (Å²) in [5.74, 6) is 0. The van der Waals surface area contributed by atoms with Crippen LogP contribution in [0.5, 0.6) is 0 Å². The van der Waals surface area contributed by atoms with Gasteiger partial charge in [-0.1, -0.05) is 42.5 Å². The van der Waals surface area contributed by atoms with Crippen LogP contribution in [0.1, 0.15) is 0 Å². The predicted octanol–water partition coefficient (Wildman–Crippen LogP) is 3.41. The van der Waals surface area contributed by atoms with Crippen molar-refractivity contribution >= 4 is 11.8 Å². The molecule has 5 nitrogen and oxygen atoms in total. The molecule has 1 heterocycles. The van der Waals surface area contributed by atoms with Crippen molar-refractivity contribution in [1.29, 1.82) is 0 Å². The zero-order valence-electron chi connectivity index (χ0n) is 12.1. The van der Waals surface area contributed by atoms with Crippen molar-refractivity contribution in [3.63, 3.8) is 0 Å². The number of nitrogens with two attached hydrogens (primary N) is 1. The van der Waals surface area contributed by atoms with Crippen molar-refractivity contribution in [1.82, 2.24) is 9.78 Å². The maximum Gasteiger partial charge on any atom is 0.434 e. The molecule has 3 aromatic rings. The molecule has 0 aliphatic carbocycles. The minimum Gasteiger partial charge on any atom is -0.451 e. The first-order chi connectivity index (χ1) is 10.7. The van der Waals surface area contributed by atoms with Crippen LogP contribution in [0.4, 0.5) is 10.5 Å². The Morgan fingerprint density at radius 2 is 1.73 bits per heavy atom. The van der Waals surface area contributed by atoms with E-state index in [-0.39, 0.29) is 0 Å². The highest BCUT2D eigenvalue weighted by Gasteiger charge is 2.16. The molecule has 0 saturated heterocycles. The normalized spacial score (nSPS) is 10.4. The first-order valence-corrected chi connectivity index (χ1v) is 6.79. The minimum absolute atomic E-state index is 0.533. The molecule has 0 fully saturated rings. The summed E-state index contributed by atoms with van der Waals surface area (Å²) in [6, 6.07) is 18.8. The molecule has 0 saturated carbocycles. The number of anilines is 1. The summed E-state index contributed by atoms with van der Waals surface area (Å²) in [6.07, 6.45) is -0.533. The van der Waals surface area contributed by atoms with Crippen molar-refractivity contribution in [2.24, 2.45) is 0 Å². The molecular weight excluding hydrogens is 278 g/mol. The van der Waals surface area contributed by atoms with Crippen molar-refractivity contribution in [3.8, 4) is 22.5 Å². The number of methoxy groups -OCH3 is 1. The summed E-state index contributed by atoms with van der Waals surface area (Å²) in [5.41, 5.74) is 9.51. The number of carbonyl (C=O) groups is 1. The molecule has 0 amide bonds. The standard InChI is InChI=1S/C17H15N3O2/c1-22-17(21)20-16(13-7-9-14(18)10-8-13)11-15(19-20)12-5-3-2-4-6-12/h2-11H,18H2,1H3. The molecule has 0 unspecified atom stereocenters. The van der Waals surface area contributed by atoms with Gasteiger partial charge in [0.1, 0.15) is 0 Å². The second-order valence-corrected chi connectivity index (χ2v) is 4.78. The molecule has 2 N–H and O–H groups in total. The number of benzene rings is 2. The molecule has 0 atom stereocenters. The van der Waals surface area contributed by atoms with E-state index in [0.717, 1.165) is 11.1 Å². The fourth-order valence-electron chi connectivity index (χ4n) is 2.22. The van der Waals surface area contributed by atoms with E-state index >= 15 is 0 Å². The molecule has 1 aromatic heterocycles. The van der Waals surface area contributed by atoms with Crippen LogP contribution in [-0.2, 0) is 4.74 Å². The highest BCUT2D eigenvalue weighted by molar-refractivity contribution is 5.80. The van der Waals surface area contributed by atoms with E-state index in [4.69, 9.17) is 10.5 Å². The van der Waals surface area contributed by atoms with E-state index in [1.165, 1.54) is 11.8 Å². The Kier molecular flexibility index (Phi) is 3.62. The fourth-order valence-corrected chi connectivity index (χ4v) is 2.22. The highest BCUT2D eigenvalue weighted by atomic mass is 16.5. The number of aromatic nitrogens is 2. The van der Waals surface area contributed by atoms with Gasteiger partial charge >= 0.3 is 6.09 Å². The van der Waals surface area contributed by atoms with Gasteiger partial charge in [-0.3, -0.25) is 0 Å². The largest absolute Gasteiger partial charge is 0.451 e. The Balaban J connectivity index is 2.13. The van der Waals surface area contributed by atoms with Crippen LogP contribution in [0.25, 0.3) is 22.5 Å². The number of ether oxygens (including phenoxy) is 1. The van der Waals surface area contributed by atoms with Gasteiger partial charge in [0.15, 0.2) is 0 Å². The third kappa shape index (κ3) is 2.56. The number of nitrogen functional groups attached to an aromatic ring is 1. The molecule has 0 bridgehead atoms. The maximum atomic E-state index is 12.0. The zero-order valence-corrected chi connectivity index (χ0v) is 12.1. The Bertz CT molecular complexity index is 793. The summed E-state index contributed by atoms with van der Waals surface area (Å²) in [6.45, 7) is 0. The molecule has 2 aromatic carbocycles. The predicted molar refractivity (Wildman–Crippen MR) is 85.3 cm³/mol. The van der Waals surface area contributed by atoms with Crippen LogP contribution < -0.4 is 5.73 Å². The van der Waals surface area contributed by atoms with Gasteiger partial charge in [0.2, 0.25) is 0 Å². The van der Waals surface area contributed by atoms with E-state index in [0.29, 0.717) is 17.1 Å². The first kappa shape index (κ1) is 13.9. The quantitative estimate of drug-likeness (QED) is 0.735. The smallest absolute Gasteiger partial charge is 0.434 e. The number of carbonyl (C=O) groups excluding carboxylic acids is 1. The van der Waals surface area contributed by atoms with E-state index in [2.05, 4.69) is 5.10 Å². The van der Waals surface area contributed by atoms with Crippen molar-refractivity contribution < 1.29 is 9.53 Å². The molecule has 22 heavy (non-hydrogen) atoms. The molecular formula is C17H15N3O2. The molecule has 0 aliphatic heterocycles. The lowest BCUT2D eigenvalue weighted by Gasteiger charge is -2.04. The Hall–Kier alpha value is -3.08. The second kappa shape index (κ2) is 5.73. The van der Waals surface area contributed by atoms with Crippen LogP contribution in [0.2, 0.25) is 0 Å². The zero-order chi connectivity index (χ0) is 15.5. The molecule has 0 aliphatic rings. The summed E-state index contributed by atoms with van der Waals surface area (Å²) in [4.78, 5) is 12.0. The Morgan fingerprint density at radius 1 is 1.05 bits per heavy atom.